The van der Waals surface area contributed by atoms with Crippen molar-refractivity contribution < 1.29 is 17.6 Å². The van der Waals surface area contributed by atoms with Crippen molar-refractivity contribution >= 4 is 50.5 Å². The molecule has 2 heterocycles. The second-order valence-corrected chi connectivity index (χ2v) is 7.94. The zero-order valence-corrected chi connectivity index (χ0v) is 15.8. The zero-order valence-electron chi connectivity index (χ0n) is 13.4. The number of nitrogens with zero attached hydrogens (tertiary/aromatic N) is 3. The monoisotopic (exact) mass is 424 g/mol. The fourth-order valence-electron chi connectivity index (χ4n) is 2.17. The quantitative estimate of drug-likeness (QED) is 0.763. The molecule has 27 heavy (non-hydrogen) atoms. The first-order valence-electron chi connectivity index (χ1n) is 7.26. The molecule has 0 saturated heterocycles. The zero-order chi connectivity index (χ0) is 19.6. The molecule has 0 saturated carbocycles. The van der Waals surface area contributed by atoms with Crippen LogP contribution < -0.4 is 5.32 Å². The minimum Gasteiger partial charge on any atom is -0.321 e. The van der Waals surface area contributed by atoms with Gasteiger partial charge in [0.15, 0.2) is 0 Å². The normalized spacial score (nSPS) is 15.5. The number of hydrogen-bond donors (Lipinski definition) is 1. The molecule has 0 atom stereocenters. The summed E-state index contributed by atoms with van der Waals surface area (Å²) in [5.74, 6) is 0.752. The van der Waals surface area contributed by atoms with Crippen LogP contribution in [0.25, 0.3) is 0 Å². The molecular formula is C16H10ClFN4O3S2. The van der Waals surface area contributed by atoms with Gasteiger partial charge in [-0.3, -0.25) is 4.79 Å². The summed E-state index contributed by atoms with van der Waals surface area (Å²) in [6.45, 7) is -0.388. The molecule has 1 aliphatic heterocycles. The van der Waals surface area contributed by atoms with Crippen molar-refractivity contribution in [1.82, 2.24) is 9.29 Å². The van der Waals surface area contributed by atoms with Crippen molar-refractivity contribution in [1.29, 1.82) is 0 Å². The average Bonchev–Trinajstić information content (AvgIpc) is 3.14. The van der Waals surface area contributed by atoms with Gasteiger partial charge in [-0.15, -0.1) is 22.2 Å². The number of terminal acetylenes is 1. The first-order valence-corrected chi connectivity index (χ1v) is 9.91. The van der Waals surface area contributed by atoms with E-state index >= 15 is 0 Å². The molecule has 3 rings (SSSR count). The molecule has 0 bridgehead atoms. The van der Waals surface area contributed by atoms with Crippen LogP contribution >= 0.6 is 22.9 Å². The first-order chi connectivity index (χ1) is 12.8. The van der Waals surface area contributed by atoms with Crippen LogP contribution in [-0.2, 0) is 15.0 Å². The topological polar surface area (TPSA) is 91.7 Å². The maximum Gasteiger partial charge on any atom is 0.346 e. The molecule has 7 nitrogen and oxygen atoms in total. The Bertz CT molecular complexity index is 1110. The standard InChI is InChI=1S/C16H10ClFN4O3S2/c1-2-6-22-14(15(23)20-10-3-4-12(18)11(17)8-10)9-13(21-27(22,24)25)16-19-5-7-26-16/h1,3-5,7-9H,6H2,(H,20,23). The summed E-state index contributed by atoms with van der Waals surface area (Å²) < 4.78 is 42.6. The molecule has 0 aliphatic carbocycles. The smallest absolute Gasteiger partial charge is 0.321 e. The number of carbonyl (C=O) groups excluding carboxylic acids is 1. The Morgan fingerprint density at radius 2 is 2.22 bits per heavy atom. The fourth-order valence-corrected chi connectivity index (χ4v) is 4.12. The lowest BCUT2D eigenvalue weighted by Gasteiger charge is -2.25. The highest BCUT2D eigenvalue weighted by atomic mass is 35.5. The Hall–Kier alpha value is -2.74. The number of anilines is 1. The predicted molar refractivity (Wildman–Crippen MR) is 101 cm³/mol. The van der Waals surface area contributed by atoms with Crippen LogP contribution in [0.4, 0.5) is 10.1 Å². The summed E-state index contributed by atoms with van der Waals surface area (Å²) >= 11 is 6.86. The third kappa shape index (κ3) is 4.00. The molecule has 0 unspecified atom stereocenters. The molecule has 2 aromatic rings. The highest BCUT2D eigenvalue weighted by Gasteiger charge is 2.33. The lowest BCUT2D eigenvalue weighted by molar-refractivity contribution is -0.113. The Morgan fingerprint density at radius 1 is 1.44 bits per heavy atom. The number of benzene rings is 1. The number of thiazole rings is 1. The Kier molecular flexibility index (Phi) is 5.27. The largest absolute Gasteiger partial charge is 0.346 e. The second-order valence-electron chi connectivity index (χ2n) is 5.11. The highest BCUT2D eigenvalue weighted by molar-refractivity contribution is 7.88. The maximum absolute atomic E-state index is 13.3. The molecule has 138 valence electrons. The highest BCUT2D eigenvalue weighted by Crippen LogP contribution is 2.24. The lowest BCUT2D eigenvalue weighted by Crippen LogP contribution is -2.38. The first kappa shape index (κ1) is 19.0. The van der Waals surface area contributed by atoms with Gasteiger partial charge in [0.2, 0.25) is 0 Å². The van der Waals surface area contributed by atoms with Crippen LogP contribution in [0.1, 0.15) is 5.01 Å². The Morgan fingerprint density at radius 3 is 2.85 bits per heavy atom. The van der Waals surface area contributed by atoms with Gasteiger partial charge in [-0.2, -0.15) is 8.42 Å². The number of allylic oxidation sites excluding steroid dienone is 1. The molecular weight excluding hydrogens is 415 g/mol. The summed E-state index contributed by atoms with van der Waals surface area (Å²) in [6, 6.07) is 3.57. The number of halogens is 2. The third-order valence-electron chi connectivity index (χ3n) is 3.33. The third-order valence-corrected chi connectivity index (χ3v) is 5.73. The number of carbonyl (C=O) groups is 1. The van der Waals surface area contributed by atoms with Gasteiger partial charge in [0.1, 0.15) is 22.2 Å². The van der Waals surface area contributed by atoms with Crippen LogP contribution in [0.2, 0.25) is 5.02 Å². The van der Waals surface area contributed by atoms with Gasteiger partial charge >= 0.3 is 10.2 Å². The lowest BCUT2D eigenvalue weighted by atomic mass is 10.2. The van der Waals surface area contributed by atoms with E-state index in [0.717, 1.165) is 6.07 Å². The molecule has 1 aliphatic rings. The summed E-state index contributed by atoms with van der Waals surface area (Å²) in [4.78, 5) is 16.7. The van der Waals surface area contributed by atoms with Gasteiger partial charge in [0, 0.05) is 17.3 Å². The molecule has 1 aromatic carbocycles. The molecule has 11 heteroatoms. The maximum atomic E-state index is 13.3. The van der Waals surface area contributed by atoms with E-state index in [4.69, 9.17) is 18.0 Å². The van der Waals surface area contributed by atoms with E-state index in [2.05, 4.69) is 20.6 Å². The molecule has 0 fully saturated rings. The van der Waals surface area contributed by atoms with Crippen molar-refractivity contribution in [3.63, 3.8) is 0 Å². The van der Waals surface area contributed by atoms with Gasteiger partial charge in [-0.25, -0.2) is 13.7 Å². The van der Waals surface area contributed by atoms with E-state index in [0.29, 0.717) is 9.31 Å². The second kappa shape index (κ2) is 7.48. The fraction of sp³-hybridized carbons (Fsp3) is 0.0625. The van der Waals surface area contributed by atoms with Crippen LogP contribution in [0, 0.1) is 18.2 Å². The number of nitrogens with one attached hydrogen (secondary N) is 1. The van der Waals surface area contributed by atoms with Gasteiger partial charge in [0.25, 0.3) is 5.91 Å². The number of amides is 1. The van der Waals surface area contributed by atoms with E-state index in [1.165, 1.54) is 35.7 Å². The van der Waals surface area contributed by atoms with Crippen molar-refractivity contribution in [2.45, 2.75) is 0 Å². The number of aromatic nitrogens is 1. The molecule has 1 amide bonds. The van der Waals surface area contributed by atoms with Crippen molar-refractivity contribution in [2.24, 2.45) is 4.40 Å². The summed E-state index contributed by atoms with van der Waals surface area (Å²) in [5, 5.41) is 4.25. The minimum absolute atomic E-state index is 0.0144. The molecule has 0 spiro atoms. The van der Waals surface area contributed by atoms with E-state index in [1.54, 1.807) is 5.38 Å². The van der Waals surface area contributed by atoms with Crippen molar-refractivity contribution in [3.8, 4) is 12.3 Å². The van der Waals surface area contributed by atoms with Crippen LogP contribution in [0.15, 0.2) is 45.9 Å². The van der Waals surface area contributed by atoms with Gasteiger partial charge in [-0.1, -0.05) is 17.5 Å². The Balaban J connectivity index is 2.00. The summed E-state index contributed by atoms with van der Waals surface area (Å²) in [5.41, 5.74) is -0.0437. The minimum atomic E-state index is -4.23. The number of hydrogen-bond acceptors (Lipinski definition) is 5. The van der Waals surface area contributed by atoms with E-state index in [9.17, 15) is 17.6 Å². The molecule has 0 radical (unpaired) electrons. The molecule has 1 N–H and O–H groups in total. The van der Waals surface area contributed by atoms with Gasteiger partial charge in [-0.05, 0) is 24.3 Å². The van der Waals surface area contributed by atoms with Crippen LogP contribution in [0.5, 0.6) is 0 Å². The van der Waals surface area contributed by atoms with Crippen LogP contribution in [-0.4, -0.2) is 35.9 Å². The summed E-state index contributed by atoms with van der Waals surface area (Å²) in [7, 11) is -4.23. The average molecular weight is 425 g/mol. The SMILES string of the molecule is C#CCN1C(C(=O)Nc2ccc(F)c(Cl)c2)=CC(c2nccs2)=NS1(=O)=O. The van der Waals surface area contributed by atoms with Gasteiger partial charge < -0.3 is 5.32 Å². The van der Waals surface area contributed by atoms with E-state index < -0.39 is 21.9 Å². The van der Waals surface area contributed by atoms with Gasteiger partial charge in [0.05, 0.1) is 11.6 Å². The van der Waals surface area contributed by atoms with E-state index in [-0.39, 0.29) is 28.7 Å². The van der Waals surface area contributed by atoms with Crippen molar-refractivity contribution in [3.05, 3.63) is 57.4 Å². The van der Waals surface area contributed by atoms with Crippen LogP contribution in [0.3, 0.4) is 0 Å². The molecule has 1 aromatic heterocycles. The predicted octanol–water partition coefficient (Wildman–Crippen LogP) is 2.44. The Labute approximate surface area is 163 Å². The number of rotatable bonds is 4. The summed E-state index contributed by atoms with van der Waals surface area (Å²) in [6.07, 6.45) is 7.99. The van der Waals surface area contributed by atoms with Crippen molar-refractivity contribution in [2.75, 3.05) is 11.9 Å². The van der Waals surface area contributed by atoms with E-state index in [1.807, 2.05) is 0 Å².